The zero-order valence-corrected chi connectivity index (χ0v) is 15.3. The van der Waals surface area contributed by atoms with Gasteiger partial charge < -0.3 is 19.3 Å². The quantitative estimate of drug-likeness (QED) is 0.458. The van der Waals surface area contributed by atoms with Crippen LogP contribution in [0.2, 0.25) is 0 Å². The third-order valence-electron chi connectivity index (χ3n) is 3.48. The van der Waals surface area contributed by atoms with Crippen molar-refractivity contribution < 1.29 is 23.3 Å². The summed E-state index contributed by atoms with van der Waals surface area (Å²) in [4.78, 5) is 23.3. The van der Waals surface area contributed by atoms with Crippen molar-refractivity contribution >= 4 is 13.7 Å². The number of phosphoric acid groups is 1. The summed E-state index contributed by atoms with van der Waals surface area (Å²) in [5, 5.41) is 2.64. The Bertz CT molecular complexity index is 550. The maximum absolute atomic E-state index is 11.7. The summed E-state index contributed by atoms with van der Waals surface area (Å²) in [6.07, 6.45) is 5.85. The second-order valence-corrected chi connectivity index (χ2v) is 6.99. The normalized spacial score (nSPS) is 13.3. The van der Waals surface area contributed by atoms with Gasteiger partial charge in [-0.25, -0.2) is 0 Å². The fraction of sp³-hybridized carbons (Fsp3) is 0.588. The lowest BCUT2D eigenvalue weighted by Gasteiger charge is -2.24. The first-order valence-corrected chi connectivity index (χ1v) is 9.88. The molecule has 0 saturated carbocycles. The van der Waals surface area contributed by atoms with E-state index in [-0.39, 0.29) is 24.8 Å². The monoisotopic (exact) mass is 356 g/mol. The number of nitrogens with one attached hydrogen (secondary N) is 1. The SMILES string of the molecule is CCCCCCCC(=O)NCCOP(=O)([O-])Oc1ccccc1C. The Labute approximate surface area is 144 Å². The van der Waals surface area contributed by atoms with Crippen molar-refractivity contribution in [2.24, 2.45) is 0 Å². The lowest BCUT2D eigenvalue weighted by molar-refractivity contribution is -0.216. The van der Waals surface area contributed by atoms with Crippen molar-refractivity contribution in [2.45, 2.75) is 52.4 Å². The van der Waals surface area contributed by atoms with Gasteiger partial charge in [0.05, 0.1) is 6.61 Å². The van der Waals surface area contributed by atoms with Gasteiger partial charge in [-0.05, 0) is 25.0 Å². The van der Waals surface area contributed by atoms with Crippen LogP contribution in [0.25, 0.3) is 0 Å². The highest BCUT2D eigenvalue weighted by Crippen LogP contribution is 2.40. The summed E-state index contributed by atoms with van der Waals surface area (Å²) in [7, 11) is -4.44. The average molecular weight is 356 g/mol. The van der Waals surface area contributed by atoms with Gasteiger partial charge in [-0.3, -0.25) is 9.36 Å². The van der Waals surface area contributed by atoms with Gasteiger partial charge in [0.15, 0.2) is 0 Å². The van der Waals surface area contributed by atoms with Crippen LogP contribution in [0.5, 0.6) is 5.75 Å². The summed E-state index contributed by atoms with van der Waals surface area (Å²) < 4.78 is 21.4. The molecule has 136 valence electrons. The number of carbonyl (C=O) groups is 1. The van der Waals surface area contributed by atoms with E-state index in [1.54, 1.807) is 31.2 Å². The van der Waals surface area contributed by atoms with Crippen LogP contribution in [0.15, 0.2) is 24.3 Å². The van der Waals surface area contributed by atoms with Crippen LogP contribution in [-0.2, 0) is 13.9 Å². The van der Waals surface area contributed by atoms with E-state index >= 15 is 0 Å². The Morgan fingerprint density at radius 3 is 2.62 bits per heavy atom. The fourth-order valence-electron chi connectivity index (χ4n) is 2.13. The molecule has 0 aliphatic carbocycles. The maximum Gasteiger partial charge on any atom is 0.319 e. The van der Waals surface area contributed by atoms with E-state index in [0.29, 0.717) is 12.0 Å². The van der Waals surface area contributed by atoms with Crippen LogP contribution in [0.4, 0.5) is 0 Å². The highest BCUT2D eigenvalue weighted by Gasteiger charge is 2.12. The highest BCUT2D eigenvalue weighted by atomic mass is 31.2. The van der Waals surface area contributed by atoms with Crippen LogP contribution < -0.4 is 14.7 Å². The molecule has 0 spiro atoms. The number of unbranched alkanes of at least 4 members (excludes halogenated alkanes) is 4. The maximum atomic E-state index is 11.7. The first kappa shape index (κ1) is 20.7. The summed E-state index contributed by atoms with van der Waals surface area (Å²) in [5.74, 6) is 0.155. The zero-order chi connectivity index (χ0) is 17.8. The molecule has 1 unspecified atom stereocenters. The molecule has 1 N–H and O–H groups in total. The Morgan fingerprint density at radius 1 is 1.21 bits per heavy atom. The molecule has 1 rings (SSSR count). The number of rotatable bonds is 12. The number of benzene rings is 1. The van der Waals surface area contributed by atoms with Gasteiger partial charge >= 0.3 is 7.82 Å². The molecule has 0 saturated heterocycles. The number of carbonyl (C=O) groups excluding carboxylic acids is 1. The van der Waals surface area contributed by atoms with Crippen LogP contribution in [0.1, 0.15) is 51.0 Å². The molecule has 1 atom stereocenters. The number of phosphoric ester groups is 1. The Hall–Kier alpha value is -1.36. The predicted octanol–water partition coefficient (Wildman–Crippen LogP) is 3.34. The summed E-state index contributed by atoms with van der Waals surface area (Å²) in [6.45, 7) is 3.88. The molecule has 0 radical (unpaired) electrons. The molecule has 24 heavy (non-hydrogen) atoms. The molecule has 1 aromatic rings. The molecule has 6 nitrogen and oxygen atoms in total. The molecule has 0 aliphatic heterocycles. The van der Waals surface area contributed by atoms with E-state index in [0.717, 1.165) is 19.3 Å². The minimum absolute atomic E-state index is 0.0874. The first-order valence-electron chi connectivity index (χ1n) is 8.42. The largest absolute Gasteiger partial charge is 0.746 e. The zero-order valence-electron chi connectivity index (χ0n) is 14.5. The molecule has 1 amide bonds. The van der Waals surface area contributed by atoms with Gasteiger partial charge in [0.1, 0.15) is 5.75 Å². The van der Waals surface area contributed by atoms with Gasteiger partial charge in [-0.2, -0.15) is 0 Å². The average Bonchev–Trinajstić information content (AvgIpc) is 2.53. The third kappa shape index (κ3) is 9.06. The number of hydrogen-bond acceptors (Lipinski definition) is 5. The van der Waals surface area contributed by atoms with E-state index in [2.05, 4.69) is 12.2 Å². The highest BCUT2D eigenvalue weighted by molar-refractivity contribution is 7.46. The second kappa shape index (κ2) is 11.2. The standard InChI is InChI=1S/C17H28NO5P/c1-3-4-5-6-7-12-17(19)18-13-14-22-24(20,21)23-16-11-9-8-10-15(16)2/h8-11H,3-7,12-14H2,1-2H3,(H,18,19)(H,20,21)/p-1. The minimum atomic E-state index is -4.44. The van der Waals surface area contributed by atoms with Crippen molar-refractivity contribution in [3.63, 3.8) is 0 Å². The number of hydrogen-bond donors (Lipinski definition) is 1. The van der Waals surface area contributed by atoms with Crippen molar-refractivity contribution in [3.05, 3.63) is 29.8 Å². The van der Waals surface area contributed by atoms with Gasteiger partial charge in [-0.1, -0.05) is 50.8 Å². The topological polar surface area (TPSA) is 87.7 Å². The Kier molecular flexibility index (Phi) is 9.69. The molecule has 0 aliphatic rings. The van der Waals surface area contributed by atoms with Gasteiger partial charge in [-0.15, -0.1) is 0 Å². The van der Waals surface area contributed by atoms with Crippen LogP contribution in [-0.4, -0.2) is 19.1 Å². The molecule has 0 aromatic heterocycles. The van der Waals surface area contributed by atoms with E-state index < -0.39 is 7.82 Å². The Balaban J connectivity index is 2.18. The van der Waals surface area contributed by atoms with E-state index in [1.807, 2.05) is 0 Å². The number of para-hydroxylation sites is 1. The summed E-state index contributed by atoms with van der Waals surface area (Å²) >= 11 is 0. The predicted molar refractivity (Wildman–Crippen MR) is 91.8 cm³/mol. The van der Waals surface area contributed by atoms with Gasteiger partial charge in [0.2, 0.25) is 5.91 Å². The Morgan fingerprint density at radius 2 is 1.92 bits per heavy atom. The van der Waals surface area contributed by atoms with Crippen molar-refractivity contribution in [1.29, 1.82) is 0 Å². The van der Waals surface area contributed by atoms with Gasteiger partial charge in [0, 0.05) is 13.0 Å². The molecular weight excluding hydrogens is 329 g/mol. The lowest BCUT2D eigenvalue weighted by Crippen LogP contribution is -2.27. The van der Waals surface area contributed by atoms with Crippen molar-refractivity contribution in [3.8, 4) is 5.75 Å². The molecular formula is C17H27NO5P-. The van der Waals surface area contributed by atoms with Gasteiger partial charge in [0.25, 0.3) is 0 Å². The minimum Gasteiger partial charge on any atom is -0.746 e. The molecule has 0 bridgehead atoms. The second-order valence-electron chi connectivity index (χ2n) is 5.65. The number of amides is 1. The molecule has 7 heteroatoms. The first-order chi connectivity index (χ1) is 11.4. The fourth-order valence-corrected chi connectivity index (χ4v) is 2.94. The van der Waals surface area contributed by atoms with E-state index in [4.69, 9.17) is 9.05 Å². The van der Waals surface area contributed by atoms with E-state index in [1.165, 1.54) is 12.8 Å². The summed E-state index contributed by atoms with van der Waals surface area (Å²) in [5.41, 5.74) is 0.702. The summed E-state index contributed by atoms with van der Waals surface area (Å²) in [6, 6.07) is 6.78. The number of aryl methyl sites for hydroxylation is 1. The van der Waals surface area contributed by atoms with Crippen molar-refractivity contribution in [2.75, 3.05) is 13.2 Å². The van der Waals surface area contributed by atoms with E-state index in [9.17, 15) is 14.3 Å². The third-order valence-corrected chi connectivity index (χ3v) is 4.40. The molecule has 1 aromatic carbocycles. The van der Waals surface area contributed by atoms with Crippen LogP contribution in [0, 0.1) is 6.92 Å². The smallest absolute Gasteiger partial charge is 0.319 e. The lowest BCUT2D eigenvalue weighted by atomic mass is 10.1. The molecule has 0 fully saturated rings. The van der Waals surface area contributed by atoms with Crippen molar-refractivity contribution in [1.82, 2.24) is 5.32 Å². The van der Waals surface area contributed by atoms with Crippen LogP contribution in [0.3, 0.4) is 0 Å². The van der Waals surface area contributed by atoms with Crippen LogP contribution >= 0.6 is 7.82 Å². The molecule has 0 heterocycles.